The molecule has 38 heavy (non-hydrogen) atoms. The number of nitrogens with one attached hydrogen (secondary N) is 1. The monoisotopic (exact) mass is 642 g/mol. The van der Waals surface area contributed by atoms with E-state index in [1.807, 2.05) is 79.7 Å². The Morgan fingerprint density at radius 3 is 2.24 bits per heavy atom. The van der Waals surface area contributed by atoms with Crippen molar-refractivity contribution in [1.29, 1.82) is 0 Å². The number of hydrogen-bond acceptors (Lipinski definition) is 3. The van der Waals surface area contributed by atoms with Crippen molar-refractivity contribution in [1.82, 2.24) is 10.2 Å². The molecule has 3 aromatic carbocycles. The minimum atomic E-state index is -0.685. The molecule has 1 N–H and O–H groups in total. The fourth-order valence-corrected chi connectivity index (χ4v) is 4.77. The smallest absolute Gasteiger partial charge is 0.261 e. The highest BCUT2D eigenvalue weighted by atomic mass is 79.9. The quantitative estimate of drug-likeness (QED) is 0.244. The van der Waals surface area contributed by atoms with Gasteiger partial charge in [0, 0.05) is 24.0 Å². The summed E-state index contributed by atoms with van der Waals surface area (Å²) in [5, 5.41) is 3.00. The van der Waals surface area contributed by atoms with Crippen molar-refractivity contribution in [2.75, 3.05) is 13.2 Å². The average molecular weight is 644 g/mol. The molecule has 3 rings (SSSR count). The molecule has 202 valence electrons. The molecule has 0 aliphatic carbocycles. The highest BCUT2D eigenvalue weighted by Crippen LogP contribution is 2.31. The van der Waals surface area contributed by atoms with E-state index in [1.165, 1.54) is 0 Å². The molecular formula is C31H36Br2N2O3. The predicted octanol–water partition coefficient (Wildman–Crippen LogP) is 7.05. The Morgan fingerprint density at radius 2 is 1.63 bits per heavy atom. The van der Waals surface area contributed by atoms with Gasteiger partial charge in [0.1, 0.15) is 11.8 Å². The van der Waals surface area contributed by atoms with Gasteiger partial charge in [-0.3, -0.25) is 9.59 Å². The maximum absolute atomic E-state index is 13.7. The van der Waals surface area contributed by atoms with E-state index in [1.54, 1.807) is 4.90 Å². The highest BCUT2D eigenvalue weighted by molar-refractivity contribution is 9.10. The first-order valence-electron chi connectivity index (χ1n) is 12.9. The van der Waals surface area contributed by atoms with E-state index in [-0.39, 0.29) is 30.4 Å². The zero-order valence-electron chi connectivity index (χ0n) is 22.5. The van der Waals surface area contributed by atoms with Crippen LogP contribution in [0.25, 0.3) is 0 Å². The Kier molecular flexibility index (Phi) is 11.0. The van der Waals surface area contributed by atoms with Crippen LogP contribution in [0, 0.1) is 0 Å². The van der Waals surface area contributed by atoms with E-state index in [9.17, 15) is 9.59 Å². The first kappa shape index (κ1) is 29.9. The van der Waals surface area contributed by atoms with Crippen molar-refractivity contribution < 1.29 is 14.3 Å². The number of rotatable bonds is 11. The lowest BCUT2D eigenvalue weighted by Crippen LogP contribution is -2.51. The van der Waals surface area contributed by atoms with Crippen LogP contribution in [-0.2, 0) is 28.0 Å². The standard InChI is InChI=1S/C31H36Br2N2O3/c1-5-17-34-30(37)27(18-22-9-7-6-8-10-22)35(20-23-11-14-25(32)15-12-23)29(36)21-38-28-16-13-24(19-26(28)33)31(2,3)4/h6-16,19,27H,5,17-18,20-21H2,1-4H3,(H,34,37). The van der Waals surface area contributed by atoms with Crippen LogP contribution in [0.3, 0.4) is 0 Å². The Hall–Kier alpha value is -2.64. The van der Waals surface area contributed by atoms with Gasteiger partial charge in [-0.1, -0.05) is 92.2 Å². The molecule has 1 atom stereocenters. The highest BCUT2D eigenvalue weighted by Gasteiger charge is 2.30. The molecule has 0 aromatic heterocycles. The fourth-order valence-electron chi connectivity index (χ4n) is 4.01. The number of benzene rings is 3. The van der Waals surface area contributed by atoms with Gasteiger partial charge in [-0.15, -0.1) is 0 Å². The maximum atomic E-state index is 13.7. The zero-order chi connectivity index (χ0) is 27.7. The normalized spacial score (nSPS) is 12.1. The Morgan fingerprint density at radius 1 is 0.947 bits per heavy atom. The summed E-state index contributed by atoms with van der Waals surface area (Å²) in [5.74, 6) is 0.161. The summed E-state index contributed by atoms with van der Waals surface area (Å²) in [6, 6.07) is 22.8. The van der Waals surface area contributed by atoms with E-state index >= 15 is 0 Å². The van der Waals surface area contributed by atoms with Gasteiger partial charge < -0.3 is 15.0 Å². The largest absolute Gasteiger partial charge is 0.483 e. The first-order valence-corrected chi connectivity index (χ1v) is 14.5. The van der Waals surface area contributed by atoms with Gasteiger partial charge in [0.05, 0.1) is 4.47 Å². The second-order valence-electron chi connectivity index (χ2n) is 10.3. The van der Waals surface area contributed by atoms with Crippen molar-refractivity contribution in [2.45, 2.75) is 58.5 Å². The van der Waals surface area contributed by atoms with Crippen LogP contribution in [0.5, 0.6) is 5.75 Å². The van der Waals surface area contributed by atoms with E-state index in [4.69, 9.17) is 4.74 Å². The Balaban J connectivity index is 1.89. The van der Waals surface area contributed by atoms with Crippen LogP contribution < -0.4 is 10.1 Å². The molecule has 0 saturated heterocycles. The molecule has 3 aromatic rings. The lowest BCUT2D eigenvalue weighted by molar-refractivity contribution is -0.142. The van der Waals surface area contributed by atoms with Gasteiger partial charge in [0.15, 0.2) is 6.61 Å². The lowest BCUT2D eigenvalue weighted by atomic mass is 9.87. The van der Waals surface area contributed by atoms with Crippen molar-refractivity contribution in [3.63, 3.8) is 0 Å². The molecule has 0 fully saturated rings. The second kappa shape index (κ2) is 13.9. The SMILES string of the molecule is CCCNC(=O)C(Cc1ccccc1)N(Cc1ccc(Br)cc1)C(=O)COc1ccc(C(C)(C)C)cc1Br. The lowest BCUT2D eigenvalue weighted by Gasteiger charge is -2.31. The van der Waals surface area contributed by atoms with Gasteiger partial charge in [-0.2, -0.15) is 0 Å². The van der Waals surface area contributed by atoms with Crippen LogP contribution in [-0.4, -0.2) is 35.9 Å². The molecular weight excluding hydrogens is 608 g/mol. The molecule has 0 radical (unpaired) electrons. The molecule has 5 nitrogen and oxygen atoms in total. The summed E-state index contributed by atoms with van der Waals surface area (Å²) in [6.07, 6.45) is 1.22. The number of halogens is 2. The Labute approximate surface area is 243 Å². The van der Waals surface area contributed by atoms with Crippen LogP contribution in [0.1, 0.15) is 50.8 Å². The van der Waals surface area contributed by atoms with E-state index in [2.05, 4.69) is 57.9 Å². The van der Waals surface area contributed by atoms with Crippen LogP contribution in [0.15, 0.2) is 81.7 Å². The van der Waals surface area contributed by atoms with Gasteiger partial charge >= 0.3 is 0 Å². The third-order valence-electron chi connectivity index (χ3n) is 6.24. The minimum absolute atomic E-state index is 0.00510. The number of ether oxygens (including phenoxy) is 1. The summed E-state index contributed by atoms with van der Waals surface area (Å²) in [6.45, 7) is 9.11. The van der Waals surface area contributed by atoms with Crippen molar-refractivity contribution in [3.8, 4) is 5.75 Å². The molecule has 7 heteroatoms. The second-order valence-corrected chi connectivity index (χ2v) is 12.1. The molecule has 2 amide bonds. The summed E-state index contributed by atoms with van der Waals surface area (Å²) >= 11 is 7.06. The van der Waals surface area contributed by atoms with E-state index in [0.717, 1.165) is 32.1 Å². The van der Waals surface area contributed by atoms with Crippen molar-refractivity contribution in [2.24, 2.45) is 0 Å². The molecule has 0 aliphatic heterocycles. The van der Waals surface area contributed by atoms with Gasteiger partial charge in [-0.25, -0.2) is 0 Å². The number of carbonyl (C=O) groups excluding carboxylic acids is 2. The van der Waals surface area contributed by atoms with Crippen LogP contribution in [0.4, 0.5) is 0 Å². The number of amides is 2. The number of nitrogens with zero attached hydrogens (tertiary/aromatic N) is 1. The van der Waals surface area contributed by atoms with Crippen molar-refractivity contribution in [3.05, 3.63) is 98.4 Å². The molecule has 1 unspecified atom stereocenters. The van der Waals surface area contributed by atoms with Gasteiger partial charge in [-0.05, 0) is 68.7 Å². The topological polar surface area (TPSA) is 58.6 Å². The third kappa shape index (κ3) is 8.70. The Bertz CT molecular complexity index is 1210. The van der Waals surface area contributed by atoms with E-state index in [0.29, 0.717) is 18.7 Å². The summed E-state index contributed by atoms with van der Waals surface area (Å²) in [4.78, 5) is 28.8. The summed E-state index contributed by atoms with van der Waals surface area (Å²) in [7, 11) is 0. The zero-order valence-corrected chi connectivity index (χ0v) is 25.6. The molecule has 0 bridgehead atoms. The third-order valence-corrected chi connectivity index (χ3v) is 7.38. The van der Waals surface area contributed by atoms with Crippen molar-refractivity contribution >= 4 is 43.7 Å². The van der Waals surface area contributed by atoms with E-state index < -0.39 is 6.04 Å². The summed E-state index contributed by atoms with van der Waals surface area (Å²) < 4.78 is 7.73. The molecule has 0 saturated carbocycles. The van der Waals surface area contributed by atoms with Crippen LogP contribution in [0.2, 0.25) is 0 Å². The molecule has 0 heterocycles. The minimum Gasteiger partial charge on any atom is -0.483 e. The fraction of sp³-hybridized carbons (Fsp3) is 0.355. The first-order chi connectivity index (χ1) is 18.1. The molecule has 0 spiro atoms. The molecule has 0 aliphatic rings. The average Bonchev–Trinajstić information content (AvgIpc) is 2.89. The number of carbonyl (C=O) groups is 2. The predicted molar refractivity (Wildman–Crippen MR) is 160 cm³/mol. The van der Waals surface area contributed by atoms with Gasteiger partial charge in [0.2, 0.25) is 5.91 Å². The number of hydrogen-bond donors (Lipinski definition) is 1. The van der Waals surface area contributed by atoms with Gasteiger partial charge in [0.25, 0.3) is 5.91 Å². The maximum Gasteiger partial charge on any atom is 0.261 e. The summed E-state index contributed by atoms with van der Waals surface area (Å²) in [5.41, 5.74) is 3.07. The van der Waals surface area contributed by atoms with Crippen LogP contribution >= 0.6 is 31.9 Å².